The number of rotatable bonds is 4. The summed E-state index contributed by atoms with van der Waals surface area (Å²) in [7, 11) is 2.29. The molecule has 2 heterocycles. The van der Waals surface area contributed by atoms with Crippen molar-refractivity contribution in [1.29, 1.82) is 0 Å². The first-order chi connectivity index (χ1) is 12.1. The van der Waals surface area contributed by atoms with Gasteiger partial charge in [-0.1, -0.05) is 60.2 Å². The van der Waals surface area contributed by atoms with Crippen LogP contribution in [-0.4, -0.2) is 24.7 Å². The topological polar surface area (TPSA) is 6.48 Å². The van der Waals surface area contributed by atoms with E-state index in [-0.39, 0.29) is 5.41 Å². The van der Waals surface area contributed by atoms with Crippen LogP contribution in [0.5, 0.6) is 0 Å². The number of nitrogens with zero attached hydrogens (tertiary/aromatic N) is 2. The Labute approximate surface area is 151 Å². The van der Waals surface area contributed by atoms with Crippen molar-refractivity contribution in [3.05, 3.63) is 77.4 Å². The molecule has 4 rings (SSSR count). The molecule has 0 radical (unpaired) electrons. The third kappa shape index (κ3) is 2.69. The average molecular weight is 332 g/mol. The molecule has 0 aliphatic carbocycles. The number of hydrogen-bond donors (Lipinski definition) is 0. The standard InChI is InChI=1S/C23H28N2/c1-18(2)13-14-23-15-16-24(3)22(23)25(17-19-9-5-4-6-10-19)21-12-8-7-11-20(21)23/h4-13,22H,14-17H2,1-3H3/t22-,23+/m1/s1. The zero-order valence-electron chi connectivity index (χ0n) is 15.6. The molecule has 1 saturated heterocycles. The van der Waals surface area contributed by atoms with Gasteiger partial charge in [-0.2, -0.15) is 0 Å². The van der Waals surface area contributed by atoms with Gasteiger partial charge >= 0.3 is 0 Å². The van der Waals surface area contributed by atoms with Gasteiger partial charge in [0.25, 0.3) is 0 Å². The van der Waals surface area contributed by atoms with Crippen molar-refractivity contribution in [1.82, 2.24) is 4.90 Å². The molecule has 2 heteroatoms. The van der Waals surface area contributed by atoms with Gasteiger partial charge in [0, 0.05) is 24.2 Å². The predicted molar refractivity (Wildman–Crippen MR) is 106 cm³/mol. The highest BCUT2D eigenvalue weighted by Crippen LogP contribution is 2.54. The maximum atomic E-state index is 2.64. The summed E-state index contributed by atoms with van der Waals surface area (Å²) in [4.78, 5) is 5.19. The number of likely N-dealkylation sites (tertiary alicyclic amines) is 1. The minimum Gasteiger partial charge on any atom is -0.350 e. The maximum Gasteiger partial charge on any atom is 0.0924 e. The van der Waals surface area contributed by atoms with Gasteiger partial charge in [0.2, 0.25) is 0 Å². The predicted octanol–water partition coefficient (Wildman–Crippen LogP) is 4.96. The SMILES string of the molecule is CC(C)=CC[C@@]12CCN(C)[C@@H]1N(Cc1ccccc1)c1ccccc12. The van der Waals surface area contributed by atoms with E-state index in [4.69, 9.17) is 0 Å². The monoisotopic (exact) mass is 332 g/mol. The largest absolute Gasteiger partial charge is 0.350 e. The van der Waals surface area contributed by atoms with Crippen molar-refractivity contribution in [2.24, 2.45) is 0 Å². The molecule has 2 aliphatic heterocycles. The smallest absolute Gasteiger partial charge is 0.0924 e. The van der Waals surface area contributed by atoms with E-state index in [1.807, 2.05) is 0 Å². The van der Waals surface area contributed by atoms with Crippen LogP contribution in [0.4, 0.5) is 5.69 Å². The Morgan fingerprint density at radius 1 is 1.08 bits per heavy atom. The van der Waals surface area contributed by atoms with E-state index >= 15 is 0 Å². The van der Waals surface area contributed by atoms with Crippen LogP contribution in [0, 0.1) is 0 Å². The van der Waals surface area contributed by atoms with Gasteiger partial charge in [0.15, 0.2) is 0 Å². The fraction of sp³-hybridized carbons (Fsp3) is 0.391. The Morgan fingerprint density at radius 2 is 1.80 bits per heavy atom. The summed E-state index contributed by atoms with van der Waals surface area (Å²) in [5.41, 5.74) is 5.98. The summed E-state index contributed by atoms with van der Waals surface area (Å²) in [6.45, 7) is 6.57. The van der Waals surface area contributed by atoms with E-state index in [0.717, 1.165) is 13.0 Å². The summed E-state index contributed by atoms with van der Waals surface area (Å²) >= 11 is 0. The Morgan fingerprint density at radius 3 is 2.56 bits per heavy atom. The Hall–Kier alpha value is -2.06. The second-order valence-corrected chi connectivity index (χ2v) is 7.88. The van der Waals surface area contributed by atoms with Crippen LogP contribution >= 0.6 is 0 Å². The molecule has 2 nitrogen and oxygen atoms in total. The maximum absolute atomic E-state index is 2.64. The van der Waals surface area contributed by atoms with Crippen molar-refractivity contribution in [3.63, 3.8) is 0 Å². The highest BCUT2D eigenvalue weighted by atomic mass is 15.4. The van der Waals surface area contributed by atoms with Gasteiger partial charge in [-0.25, -0.2) is 0 Å². The first-order valence-electron chi connectivity index (χ1n) is 9.35. The zero-order valence-corrected chi connectivity index (χ0v) is 15.6. The molecule has 0 amide bonds. The molecule has 0 unspecified atom stereocenters. The average Bonchev–Trinajstić information content (AvgIpc) is 3.09. The van der Waals surface area contributed by atoms with Crippen molar-refractivity contribution in [2.45, 2.75) is 44.8 Å². The number of fused-ring (bicyclic) bond motifs is 3. The van der Waals surface area contributed by atoms with Crippen molar-refractivity contribution >= 4 is 5.69 Å². The molecule has 130 valence electrons. The lowest BCUT2D eigenvalue weighted by molar-refractivity contribution is 0.249. The third-order valence-corrected chi connectivity index (χ3v) is 5.94. The van der Waals surface area contributed by atoms with Crippen molar-refractivity contribution in [3.8, 4) is 0 Å². The third-order valence-electron chi connectivity index (χ3n) is 5.94. The molecular weight excluding hydrogens is 304 g/mol. The van der Waals surface area contributed by atoms with E-state index in [1.165, 1.54) is 35.4 Å². The lowest BCUT2D eigenvalue weighted by Gasteiger charge is -2.37. The number of hydrogen-bond acceptors (Lipinski definition) is 2. The summed E-state index contributed by atoms with van der Waals surface area (Å²) in [6.07, 6.45) is 5.25. The van der Waals surface area contributed by atoms with Crippen LogP contribution in [-0.2, 0) is 12.0 Å². The number of para-hydroxylation sites is 1. The summed E-state index contributed by atoms with van der Waals surface area (Å²) in [5, 5.41) is 0. The minimum atomic E-state index is 0.220. The minimum absolute atomic E-state index is 0.220. The van der Waals surface area contributed by atoms with E-state index < -0.39 is 0 Å². The fourth-order valence-corrected chi connectivity index (χ4v) is 4.79. The van der Waals surface area contributed by atoms with Crippen LogP contribution in [0.25, 0.3) is 0 Å². The zero-order chi connectivity index (χ0) is 17.4. The molecule has 0 saturated carbocycles. The van der Waals surface area contributed by atoms with Crippen LogP contribution in [0.1, 0.15) is 37.8 Å². The van der Waals surface area contributed by atoms with Gasteiger partial charge in [-0.15, -0.1) is 0 Å². The van der Waals surface area contributed by atoms with Crippen molar-refractivity contribution < 1.29 is 0 Å². The highest BCUT2D eigenvalue weighted by Gasteiger charge is 2.55. The van der Waals surface area contributed by atoms with Gasteiger partial charge in [-0.3, -0.25) is 4.90 Å². The molecule has 0 N–H and O–H groups in total. The Balaban J connectivity index is 1.79. The molecule has 1 fully saturated rings. The normalized spacial score (nSPS) is 24.9. The molecule has 0 bridgehead atoms. The van der Waals surface area contributed by atoms with Crippen LogP contribution < -0.4 is 4.90 Å². The lowest BCUT2D eigenvalue weighted by Crippen LogP contribution is -2.48. The van der Waals surface area contributed by atoms with E-state index in [1.54, 1.807) is 0 Å². The van der Waals surface area contributed by atoms with Crippen molar-refractivity contribution in [2.75, 3.05) is 18.5 Å². The van der Waals surface area contributed by atoms with Crippen LogP contribution in [0.2, 0.25) is 0 Å². The van der Waals surface area contributed by atoms with Gasteiger partial charge in [0.1, 0.15) is 0 Å². The molecular formula is C23H28N2. The van der Waals surface area contributed by atoms with Crippen LogP contribution in [0.3, 0.4) is 0 Å². The quantitative estimate of drug-likeness (QED) is 0.730. The number of benzene rings is 2. The van der Waals surface area contributed by atoms with E-state index in [0.29, 0.717) is 6.17 Å². The Kier molecular flexibility index (Phi) is 4.16. The summed E-state index contributed by atoms with van der Waals surface area (Å²) in [5.74, 6) is 0. The number of anilines is 1. The molecule has 2 aliphatic rings. The molecule has 0 aromatic heterocycles. The summed E-state index contributed by atoms with van der Waals surface area (Å²) < 4.78 is 0. The number of likely N-dealkylation sites (N-methyl/N-ethyl adjacent to an activating group) is 1. The van der Waals surface area contributed by atoms with Gasteiger partial charge < -0.3 is 4.90 Å². The molecule has 25 heavy (non-hydrogen) atoms. The van der Waals surface area contributed by atoms with E-state index in [9.17, 15) is 0 Å². The van der Waals surface area contributed by atoms with Crippen LogP contribution in [0.15, 0.2) is 66.2 Å². The second kappa shape index (κ2) is 6.34. The first kappa shape index (κ1) is 16.4. The number of allylic oxidation sites excluding steroid dienone is 2. The molecule has 2 aromatic carbocycles. The molecule has 2 aromatic rings. The van der Waals surface area contributed by atoms with E-state index in [2.05, 4.69) is 91.4 Å². The lowest BCUT2D eigenvalue weighted by atomic mass is 9.76. The fourth-order valence-electron chi connectivity index (χ4n) is 4.79. The van der Waals surface area contributed by atoms with Gasteiger partial charge in [-0.05, 0) is 50.9 Å². The van der Waals surface area contributed by atoms with Gasteiger partial charge in [0.05, 0.1) is 6.17 Å². The Bertz CT molecular complexity index is 776. The second-order valence-electron chi connectivity index (χ2n) is 7.88. The first-order valence-corrected chi connectivity index (χ1v) is 9.35. The highest BCUT2D eigenvalue weighted by molar-refractivity contribution is 5.65. The molecule has 0 spiro atoms. The molecule has 2 atom stereocenters. The summed E-state index contributed by atoms with van der Waals surface area (Å²) in [6, 6.07) is 20.0.